The minimum atomic E-state index is 0.0347. The highest BCUT2D eigenvalue weighted by molar-refractivity contribution is 5.94. The van der Waals surface area contributed by atoms with E-state index in [9.17, 15) is 4.79 Å². The van der Waals surface area contributed by atoms with Crippen molar-refractivity contribution in [2.45, 2.75) is 13.8 Å². The minimum Gasteiger partial charge on any atom is -0.363 e. The molecule has 0 aliphatic carbocycles. The Labute approximate surface area is 148 Å². The number of carbonyl (C=O) groups is 1. The van der Waals surface area contributed by atoms with Gasteiger partial charge in [0.15, 0.2) is 0 Å². The minimum absolute atomic E-state index is 0.0347. The van der Waals surface area contributed by atoms with Gasteiger partial charge in [-0.1, -0.05) is 0 Å². The summed E-state index contributed by atoms with van der Waals surface area (Å²) in [6, 6.07) is 5.71. The molecular weight excluding hydrogens is 316 g/mol. The standard InChI is InChI=1S/C18H24N6O/c1-13-11-17(21-14(2)20-13)23-7-9-24(10-8-23)18(25)15-5-6-16(19-12-15)22(3)4/h5-6,11-12H,7-10H2,1-4H3. The van der Waals surface area contributed by atoms with E-state index in [0.717, 1.165) is 36.2 Å². The molecule has 0 radical (unpaired) electrons. The Balaban J connectivity index is 1.64. The van der Waals surface area contributed by atoms with Gasteiger partial charge in [0, 0.05) is 58.2 Å². The molecule has 0 spiro atoms. The zero-order valence-electron chi connectivity index (χ0n) is 15.2. The van der Waals surface area contributed by atoms with Crippen molar-refractivity contribution in [3.63, 3.8) is 0 Å². The number of hydrogen-bond acceptors (Lipinski definition) is 6. The number of aryl methyl sites for hydroxylation is 2. The zero-order chi connectivity index (χ0) is 18.0. The molecule has 0 atom stereocenters. The molecule has 1 aliphatic heterocycles. The number of amides is 1. The van der Waals surface area contributed by atoms with Crippen molar-refractivity contribution >= 4 is 17.5 Å². The Morgan fingerprint density at radius 2 is 1.80 bits per heavy atom. The summed E-state index contributed by atoms with van der Waals surface area (Å²) >= 11 is 0. The second-order valence-electron chi connectivity index (χ2n) is 6.49. The van der Waals surface area contributed by atoms with Gasteiger partial charge in [-0.3, -0.25) is 4.79 Å². The monoisotopic (exact) mass is 340 g/mol. The van der Waals surface area contributed by atoms with E-state index in [1.807, 2.05) is 55.9 Å². The van der Waals surface area contributed by atoms with E-state index in [2.05, 4.69) is 19.9 Å². The van der Waals surface area contributed by atoms with Gasteiger partial charge in [-0.25, -0.2) is 15.0 Å². The maximum absolute atomic E-state index is 12.7. The van der Waals surface area contributed by atoms with Gasteiger partial charge >= 0.3 is 0 Å². The molecule has 2 aromatic rings. The molecule has 1 aliphatic rings. The van der Waals surface area contributed by atoms with Gasteiger partial charge in [-0.15, -0.1) is 0 Å². The summed E-state index contributed by atoms with van der Waals surface area (Å²) in [5.74, 6) is 2.60. The van der Waals surface area contributed by atoms with Crippen LogP contribution in [0, 0.1) is 13.8 Å². The molecule has 0 aromatic carbocycles. The Morgan fingerprint density at radius 1 is 1.08 bits per heavy atom. The molecule has 25 heavy (non-hydrogen) atoms. The first-order valence-corrected chi connectivity index (χ1v) is 8.44. The third-order valence-corrected chi connectivity index (χ3v) is 4.30. The van der Waals surface area contributed by atoms with Crippen LogP contribution in [0.5, 0.6) is 0 Å². The van der Waals surface area contributed by atoms with Crippen molar-refractivity contribution in [1.29, 1.82) is 0 Å². The topological polar surface area (TPSA) is 65.5 Å². The Kier molecular flexibility index (Phi) is 4.83. The summed E-state index contributed by atoms with van der Waals surface area (Å²) in [6.45, 7) is 6.77. The third kappa shape index (κ3) is 3.87. The normalized spacial score (nSPS) is 14.6. The van der Waals surface area contributed by atoms with Gasteiger partial charge < -0.3 is 14.7 Å². The lowest BCUT2D eigenvalue weighted by Gasteiger charge is -2.35. The number of carbonyl (C=O) groups excluding carboxylic acids is 1. The second-order valence-corrected chi connectivity index (χ2v) is 6.49. The lowest BCUT2D eigenvalue weighted by Crippen LogP contribution is -2.49. The predicted molar refractivity (Wildman–Crippen MR) is 98.2 cm³/mol. The van der Waals surface area contributed by atoms with Gasteiger partial charge in [0.05, 0.1) is 5.56 Å². The number of piperazine rings is 1. The first-order valence-electron chi connectivity index (χ1n) is 8.44. The first kappa shape index (κ1) is 17.1. The Morgan fingerprint density at radius 3 is 2.36 bits per heavy atom. The smallest absolute Gasteiger partial charge is 0.255 e. The van der Waals surface area contributed by atoms with E-state index in [-0.39, 0.29) is 5.91 Å². The molecule has 1 saturated heterocycles. The summed E-state index contributed by atoms with van der Waals surface area (Å²) in [5.41, 5.74) is 1.60. The molecule has 132 valence electrons. The zero-order valence-corrected chi connectivity index (χ0v) is 15.2. The number of rotatable bonds is 3. The summed E-state index contributed by atoms with van der Waals surface area (Å²) in [4.78, 5) is 31.8. The molecule has 7 nitrogen and oxygen atoms in total. The molecule has 0 N–H and O–H groups in total. The second kappa shape index (κ2) is 7.04. The largest absolute Gasteiger partial charge is 0.363 e. The van der Waals surface area contributed by atoms with Crippen LogP contribution in [0.2, 0.25) is 0 Å². The van der Waals surface area contributed by atoms with Crippen LogP contribution in [0.1, 0.15) is 21.9 Å². The van der Waals surface area contributed by atoms with Crippen molar-refractivity contribution in [2.24, 2.45) is 0 Å². The van der Waals surface area contributed by atoms with Crippen LogP contribution in [0.15, 0.2) is 24.4 Å². The average Bonchev–Trinajstić information content (AvgIpc) is 2.60. The highest BCUT2D eigenvalue weighted by Gasteiger charge is 2.23. The molecule has 0 saturated carbocycles. The summed E-state index contributed by atoms with van der Waals surface area (Å²) < 4.78 is 0. The third-order valence-electron chi connectivity index (χ3n) is 4.30. The van der Waals surface area contributed by atoms with E-state index in [4.69, 9.17) is 0 Å². The quantitative estimate of drug-likeness (QED) is 0.844. The van der Waals surface area contributed by atoms with Crippen LogP contribution in [0.3, 0.4) is 0 Å². The van der Waals surface area contributed by atoms with E-state index in [1.54, 1.807) is 6.20 Å². The maximum Gasteiger partial charge on any atom is 0.255 e. The van der Waals surface area contributed by atoms with Crippen molar-refractivity contribution in [3.05, 3.63) is 41.5 Å². The molecule has 3 rings (SSSR count). The predicted octanol–water partition coefficient (Wildman–Crippen LogP) is 1.52. The van der Waals surface area contributed by atoms with Crippen molar-refractivity contribution in [3.8, 4) is 0 Å². The van der Waals surface area contributed by atoms with E-state index in [0.29, 0.717) is 18.7 Å². The summed E-state index contributed by atoms with van der Waals surface area (Å²) in [6.07, 6.45) is 1.65. The van der Waals surface area contributed by atoms with Crippen LogP contribution in [0.25, 0.3) is 0 Å². The number of aromatic nitrogens is 3. The van der Waals surface area contributed by atoms with Gasteiger partial charge in [-0.05, 0) is 26.0 Å². The summed E-state index contributed by atoms with van der Waals surface area (Å²) in [5, 5.41) is 0. The van der Waals surface area contributed by atoms with Gasteiger partial charge in [0.2, 0.25) is 0 Å². The van der Waals surface area contributed by atoms with Crippen LogP contribution >= 0.6 is 0 Å². The first-order chi connectivity index (χ1) is 11.9. The maximum atomic E-state index is 12.7. The molecule has 0 unspecified atom stereocenters. The van der Waals surface area contributed by atoms with Crippen LogP contribution in [0.4, 0.5) is 11.6 Å². The van der Waals surface area contributed by atoms with Crippen molar-refractivity contribution in [2.75, 3.05) is 50.1 Å². The van der Waals surface area contributed by atoms with Crippen LogP contribution < -0.4 is 9.80 Å². The lowest BCUT2D eigenvalue weighted by atomic mass is 10.2. The fraction of sp³-hybridized carbons (Fsp3) is 0.444. The number of anilines is 2. The Hall–Kier alpha value is -2.70. The molecular formula is C18H24N6O. The molecule has 2 aromatic heterocycles. The van der Waals surface area contributed by atoms with E-state index < -0.39 is 0 Å². The highest BCUT2D eigenvalue weighted by Crippen LogP contribution is 2.17. The van der Waals surface area contributed by atoms with Gasteiger partial charge in [-0.2, -0.15) is 0 Å². The number of pyridine rings is 1. The van der Waals surface area contributed by atoms with Gasteiger partial charge in [0.25, 0.3) is 5.91 Å². The fourth-order valence-corrected chi connectivity index (χ4v) is 2.96. The van der Waals surface area contributed by atoms with Crippen LogP contribution in [-0.2, 0) is 0 Å². The lowest BCUT2D eigenvalue weighted by molar-refractivity contribution is 0.0746. The average molecular weight is 340 g/mol. The highest BCUT2D eigenvalue weighted by atomic mass is 16.2. The summed E-state index contributed by atoms with van der Waals surface area (Å²) in [7, 11) is 3.86. The molecule has 7 heteroatoms. The van der Waals surface area contributed by atoms with E-state index >= 15 is 0 Å². The SMILES string of the molecule is Cc1cc(N2CCN(C(=O)c3ccc(N(C)C)nc3)CC2)nc(C)n1. The molecule has 3 heterocycles. The van der Waals surface area contributed by atoms with Gasteiger partial charge in [0.1, 0.15) is 17.5 Å². The molecule has 1 fully saturated rings. The number of nitrogens with zero attached hydrogens (tertiary/aromatic N) is 6. The van der Waals surface area contributed by atoms with Crippen molar-refractivity contribution in [1.82, 2.24) is 19.9 Å². The van der Waals surface area contributed by atoms with E-state index in [1.165, 1.54) is 0 Å². The molecule has 1 amide bonds. The fourth-order valence-electron chi connectivity index (χ4n) is 2.96. The Bertz CT molecular complexity index is 730. The van der Waals surface area contributed by atoms with Crippen molar-refractivity contribution < 1.29 is 4.79 Å². The molecule has 0 bridgehead atoms. The number of hydrogen-bond donors (Lipinski definition) is 0. The van der Waals surface area contributed by atoms with Crippen LogP contribution in [-0.4, -0.2) is 66.0 Å².